The van der Waals surface area contributed by atoms with Crippen molar-refractivity contribution < 1.29 is 9.90 Å². The molecule has 17 heavy (non-hydrogen) atoms. The molecule has 5 nitrogen and oxygen atoms in total. The fourth-order valence-electron chi connectivity index (χ4n) is 2.30. The summed E-state index contributed by atoms with van der Waals surface area (Å²) in [5, 5.41) is 9.60. The fraction of sp³-hybridized carbons (Fsp3) is 0.500. The predicted molar refractivity (Wildman–Crippen MR) is 63.6 cm³/mol. The van der Waals surface area contributed by atoms with E-state index in [-0.39, 0.29) is 17.7 Å². The minimum Gasteiger partial charge on any atom is -0.505 e. The zero-order chi connectivity index (χ0) is 12.4. The van der Waals surface area contributed by atoms with Crippen LogP contribution in [0.5, 0.6) is 5.75 Å². The zero-order valence-corrected chi connectivity index (χ0v) is 9.84. The van der Waals surface area contributed by atoms with Gasteiger partial charge in [-0.05, 0) is 18.4 Å². The van der Waals surface area contributed by atoms with E-state index in [0.717, 1.165) is 6.42 Å². The highest BCUT2D eigenvalue weighted by molar-refractivity contribution is 5.96. The Morgan fingerprint density at radius 2 is 2.35 bits per heavy atom. The van der Waals surface area contributed by atoms with Gasteiger partial charge >= 0.3 is 0 Å². The van der Waals surface area contributed by atoms with Gasteiger partial charge in [0.05, 0.1) is 11.8 Å². The lowest BCUT2D eigenvalue weighted by atomic mass is 9.96. The van der Waals surface area contributed by atoms with Gasteiger partial charge in [0, 0.05) is 25.3 Å². The van der Waals surface area contributed by atoms with Gasteiger partial charge in [-0.3, -0.25) is 9.78 Å². The van der Waals surface area contributed by atoms with Crippen LogP contribution < -0.4 is 5.73 Å². The van der Waals surface area contributed by atoms with E-state index >= 15 is 0 Å². The van der Waals surface area contributed by atoms with Crippen molar-refractivity contribution in [2.45, 2.75) is 19.4 Å². The lowest BCUT2D eigenvalue weighted by Gasteiger charge is -2.34. The molecule has 1 aromatic rings. The first-order valence-electron chi connectivity index (χ1n) is 5.75. The molecule has 2 heterocycles. The van der Waals surface area contributed by atoms with Crippen LogP contribution in [0.1, 0.15) is 23.7 Å². The highest BCUT2D eigenvalue weighted by Crippen LogP contribution is 2.21. The number of aromatic hydroxyl groups is 1. The molecule has 0 aliphatic carbocycles. The molecule has 0 bridgehead atoms. The summed E-state index contributed by atoms with van der Waals surface area (Å²) in [6.07, 6.45) is 3.72. The molecule has 1 aliphatic rings. The van der Waals surface area contributed by atoms with Crippen molar-refractivity contribution in [2.75, 3.05) is 13.1 Å². The molecule has 2 unspecified atom stereocenters. The van der Waals surface area contributed by atoms with Crippen molar-refractivity contribution in [3.63, 3.8) is 0 Å². The molecule has 1 saturated heterocycles. The molecule has 5 heteroatoms. The minimum atomic E-state index is -0.174. The van der Waals surface area contributed by atoms with Crippen LogP contribution in [0.4, 0.5) is 0 Å². The average molecular weight is 235 g/mol. The first-order chi connectivity index (χ1) is 8.08. The SMILES string of the molecule is CC1CC(N)CN(C(=O)c2ccncc2O)C1. The summed E-state index contributed by atoms with van der Waals surface area (Å²) >= 11 is 0. The van der Waals surface area contributed by atoms with Gasteiger partial charge in [-0.1, -0.05) is 6.92 Å². The smallest absolute Gasteiger partial charge is 0.257 e. The van der Waals surface area contributed by atoms with E-state index in [4.69, 9.17) is 5.73 Å². The normalized spacial score (nSPS) is 24.7. The minimum absolute atomic E-state index is 0.0201. The van der Waals surface area contributed by atoms with Crippen molar-refractivity contribution in [2.24, 2.45) is 11.7 Å². The Kier molecular flexibility index (Phi) is 3.28. The van der Waals surface area contributed by atoms with Crippen LogP contribution >= 0.6 is 0 Å². The zero-order valence-electron chi connectivity index (χ0n) is 9.84. The third kappa shape index (κ3) is 2.55. The summed E-state index contributed by atoms with van der Waals surface area (Å²) in [6, 6.07) is 1.55. The Hall–Kier alpha value is -1.62. The molecule has 1 amide bonds. The molecule has 1 aliphatic heterocycles. The Labute approximate surface area is 100 Å². The van der Waals surface area contributed by atoms with Crippen molar-refractivity contribution >= 4 is 5.91 Å². The number of pyridine rings is 1. The monoisotopic (exact) mass is 235 g/mol. The molecular weight excluding hydrogens is 218 g/mol. The number of carbonyl (C=O) groups excluding carboxylic acids is 1. The van der Waals surface area contributed by atoms with Crippen LogP contribution in [0.25, 0.3) is 0 Å². The van der Waals surface area contributed by atoms with Crippen molar-refractivity contribution in [3.8, 4) is 5.75 Å². The Bertz CT molecular complexity index is 412. The number of likely N-dealkylation sites (tertiary alicyclic amines) is 1. The summed E-state index contributed by atoms with van der Waals surface area (Å²) in [5.41, 5.74) is 6.19. The molecule has 0 radical (unpaired) electrons. The van der Waals surface area contributed by atoms with Gasteiger partial charge in [0.2, 0.25) is 0 Å². The molecule has 0 aromatic carbocycles. The summed E-state index contributed by atoms with van der Waals surface area (Å²) in [7, 11) is 0. The van der Waals surface area contributed by atoms with Gasteiger partial charge in [0.1, 0.15) is 5.75 Å². The van der Waals surface area contributed by atoms with Gasteiger partial charge in [-0.25, -0.2) is 0 Å². The summed E-state index contributed by atoms with van der Waals surface area (Å²) in [4.78, 5) is 17.7. The molecule has 2 atom stereocenters. The number of carbonyl (C=O) groups is 1. The van der Waals surface area contributed by atoms with Crippen LogP contribution in [-0.2, 0) is 0 Å². The van der Waals surface area contributed by atoms with E-state index in [9.17, 15) is 9.90 Å². The maximum Gasteiger partial charge on any atom is 0.257 e. The molecule has 92 valence electrons. The Morgan fingerprint density at radius 1 is 1.59 bits per heavy atom. The number of amides is 1. The first kappa shape index (κ1) is 11.9. The number of hydrogen-bond donors (Lipinski definition) is 2. The van der Waals surface area contributed by atoms with E-state index in [2.05, 4.69) is 11.9 Å². The maximum atomic E-state index is 12.2. The third-order valence-electron chi connectivity index (χ3n) is 3.01. The van der Waals surface area contributed by atoms with Crippen molar-refractivity contribution in [1.82, 2.24) is 9.88 Å². The van der Waals surface area contributed by atoms with Gasteiger partial charge in [0.15, 0.2) is 0 Å². The Morgan fingerprint density at radius 3 is 3.00 bits per heavy atom. The van der Waals surface area contributed by atoms with E-state index in [1.807, 2.05) is 0 Å². The Balaban J connectivity index is 2.17. The average Bonchev–Trinajstić information content (AvgIpc) is 2.27. The third-order valence-corrected chi connectivity index (χ3v) is 3.01. The highest BCUT2D eigenvalue weighted by Gasteiger charge is 2.27. The second-order valence-corrected chi connectivity index (χ2v) is 4.70. The maximum absolute atomic E-state index is 12.2. The highest BCUT2D eigenvalue weighted by atomic mass is 16.3. The quantitative estimate of drug-likeness (QED) is 0.747. The van der Waals surface area contributed by atoms with Crippen LogP contribution in [0, 0.1) is 5.92 Å². The standard InChI is InChI=1S/C12H17N3O2/c1-8-4-9(13)7-15(6-8)12(17)10-2-3-14-5-11(10)16/h2-3,5,8-9,16H,4,6-7,13H2,1H3. The number of rotatable bonds is 1. The van der Waals surface area contributed by atoms with Gasteiger partial charge < -0.3 is 15.7 Å². The van der Waals surface area contributed by atoms with Gasteiger partial charge in [0.25, 0.3) is 5.91 Å². The summed E-state index contributed by atoms with van der Waals surface area (Å²) < 4.78 is 0. The number of nitrogens with zero attached hydrogens (tertiary/aromatic N) is 2. The van der Waals surface area contributed by atoms with E-state index in [1.54, 1.807) is 4.90 Å². The van der Waals surface area contributed by atoms with Crippen LogP contribution in [0.2, 0.25) is 0 Å². The van der Waals surface area contributed by atoms with Crippen LogP contribution in [-0.4, -0.2) is 40.0 Å². The molecule has 0 saturated carbocycles. The second-order valence-electron chi connectivity index (χ2n) is 4.70. The second kappa shape index (κ2) is 4.71. The van der Waals surface area contributed by atoms with Crippen molar-refractivity contribution in [1.29, 1.82) is 0 Å². The number of piperidine rings is 1. The van der Waals surface area contributed by atoms with Crippen LogP contribution in [0.15, 0.2) is 18.5 Å². The fourth-order valence-corrected chi connectivity index (χ4v) is 2.30. The lowest BCUT2D eigenvalue weighted by Crippen LogP contribution is -2.48. The van der Waals surface area contributed by atoms with Gasteiger partial charge in [-0.15, -0.1) is 0 Å². The first-order valence-corrected chi connectivity index (χ1v) is 5.75. The molecule has 1 fully saturated rings. The largest absolute Gasteiger partial charge is 0.505 e. The topological polar surface area (TPSA) is 79.5 Å². The van der Waals surface area contributed by atoms with Crippen molar-refractivity contribution in [3.05, 3.63) is 24.0 Å². The van der Waals surface area contributed by atoms with Crippen LogP contribution in [0.3, 0.4) is 0 Å². The number of aromatic nitrogens is 1. The molecule has 3 N–H and O–H groups in total. The summed E-state index contributed by atoms with van der Waals surface area (Å²) in [6.45, 7) is 3.31. The van der Waals surface area contributed by atoms with E-state index in [1.165, 1.54) is 18.5 Å². The number of nitrogens with two attached hydrogens (primary N) is 1. The lowest BCUT2D eigenvalue weighted by molar-refractivity contribution is 0.0658. The molecule has 2 rings (SSSR count). The molecule has 1 aromatic heterocycles. The number of hydrogen-bond acceptors (Lipinski definition) is 4. The van der Waals surface area contributed by atoms with E-state index < -0.39 is 0 Å². The van der Waals surface area contributed by atoms with Gasteiger partial charge in [-0.2, -0.15) is 0 Å². The molecule has 0 spiro atoms. The molecular formula is C12H17N3O2. The summed E-state index contributed by atoms with van der Waals surface area (Å²) in [5.74, 6) is 0.142. The van der Waals surface area contributed by atoms with E-state index in [0.29, 0.717) is 24.6 Å². The predicted octanol–water partition coefficient (Wildman–Crippen LogP) is 0.596.